The number of benzene rings is 2. The number of hydroxylamine groups is 2. The molecule has 1 heterocycles. The summed E-state index contributed by atoms with van der Waals surface area (Å²) >= 11 is 0. The van der Waals surface area contributed by atoms with E-state index in [0.717, 1.165) is 29.0 Å². The van der Waals surface area contributed by atoms with Gasteiger partial charge >= 0.3 is 0 Å². The van der Waals surface area contributed by atoms with Crippen molar-refractivity contribution in [3.63, 3.8) is 0 Å². The lowest BCUT2D eigenvalue weighted by Crippen LogP contribution is -2.43. The van der Waals surface area contributed by atoms with Crippen molar-refractivity contribution in [2.75, 3.05) is 25.4 Å². The van der Waals surface area contributed by atoms with Gasteiger partial charge in [0.25, 0.3) is 0 Å². The van der Waals surface area contributed by atoms with Gasteiger partial charge in [0.05, 0.1) is 18.4 Å². The number of aryl methyl sites for hydroxylation is 2. The number of carbonyl (C=O) groups excluding carboxylic acids is 1. The highest BCUT2D eigenvalue weighted by Gasteiger charge is 2.33. The summed E-state index contributed by atoms with van der Waals surface area (Å²) in [6, 6.07) is 9.97. The zero-order valence-corrected chi connectivity index (χ0v) is 19.1. The van der Waals surface area contributed by atoms with Gasteiger partial charge in [-0.05, 0) is 67.5 Å². The number of nitrogens with zero attached hydrogens (tertiary/aromatic N) is 2. The van der Waals surface area contributed by atoms with E-state index in [0.29, 0.717) is 43.2 Å². The Labute approximate surface area is 188 Å². The van der Waals surface area contributed by atoms with Gasteiger partial charge in [-0.3, -0.25) is 10.0 Å². The van der Waals surface area contributed by atoms with Crippen LogP contribution in [0.3, 0.4) is 0 Å². The molecule has 7 nitrogen and oxygen atoms in total. The van der Waals surface area contributed by atoms with Gasteiger partial charge in [-0.1, -0.05) is 24.3 Å². The number of carbonyl (C=O) groups is 1. The molecule has 32 heavy (non-hydrogen) atoms. The lowest BCUT2D eigenvalue weighted by Gasteiger charge is -2.33. The summed E-state index contributed by atoms with van der Waals surface area (Å²) in [4.78, 5) is 11.1. The number of halogens is 1. The SMILES string of the molecule is Cc1ccc(C)c(OCC2CCN(S(=O)(=O)CC(c3ccc(F)cc3)N(O)C=O)CC2)c1. The highest BCUT2D eigenvalue weighted by Crippen LogP contribution is 2.27. The minimum absolute atomic E-state index is 0.153. The van der Waals surface area contributed by atoms with Crippen LogP contribution in [0.1, 0.15) is 35.6 Å². The molecule has 1 unspecified atom stereocenters. The summed E-state index contributed by atoms with van der Waals surface area (Å²) in [5.41, 5.74) is 2.52. The number of rotatable bonds is 9. The van der Waals surface area contributed by atoms with Crippen molar-refractivity contribution in [3.8, 4) is 5.75 Å². The van der Waals surface area contributed by atoms with Crippen LogP contribution in [0.2, 0.25) is 0 Å². The summed E-state index contributed by atoms with van der Waals surface area (Å²) in [5.74, 6) is 0.103. The molecule has 0 aromatic heterocycles. The van der Waals surface area contributed by atoms with Gasteiger partial charge in [-0.25, -0.2) is 22.2 Å². The quantitative estimate of drug-likeness (QED) is 0.349. The number of hydrogen-bond acceptors (Lipinski definition) is 5. The lowest BCUT2D eigenvalue weighted by atomic mass is 9.99. The van der Waals surface area contributed by atoms with Crippen molar-refractivity contribution < 1.29 is 27.5 Å². The van der Waals surface area contributed by atoms with Crippen LogP contribution < -0.4 is 4.74 Å². The average molecular weight is 465 g/mol. The molecule has 1 fully saturated rings. The summed E-state index contributed by atoms with van der Waals surface area (Å²) in [7, 11) is -3.76. The highest BCUT2D eigenvalue weighted by atomic mass is 32.2. The Morgan fingerprint density at radius 1 is 1.19 bits per heavy atom. The second-order valence-corrected chi connectivity index (χ2v) is 10.3. The van der Waals surface area contributed by atoms with Crippen molar-refractivity contribution in [1.82, 2.24) is 9.37 Å². The molecular weight excluding hydrogens is 435 g/mol. The summed E-state index contributed by atoms with van der Waals surface area (Å²) in [6.07, 6.45) is 1.46. The Morgan fingerprint density at radius 2 is 1.84 bits per heavy atom. The van der Waals surface area contributed by atoms with E-state index in [2.05, 4.69) is 0 Å². The first kappa shape index (κ1) is 24.2. The summed E-state index contributed by atoms with van der Waals surface area (Å²) < 4.78 is 46.6. The van der Waals surface area contributed by atoms with E-state index in [1.165, 1.54) is 16.4 Å². The fourth-order valence-electron chi connectivity index (χ4n) is 3.81. The molecule has 0 radical (unpaired) electrons. The zero-order chi connectivity index (χ0) is 23.3. The third-order valence-corrected chi connectivity index (χ3v) is 7.72. The zero-order valence-electron chi connectivity index (χ0n) is 18.3. The van der Waals surface area contributed by atoms with Crippen LogP contribution in [-0.2, 0) is 14.8 Å². The second-order valence-electron chi connectivity index (χ2n) is 8.25. The van der Waals surface area contributed by atoms with Crippen LogP contribution in [0, 0.1) is 25.6 Å². The Kier molecular flexibility index (Phi) is 7.86. The van der Waals surface area contributed by atoms with E-state index in [9.17, 15) is 22.8 Å². The molecule has 1 aliphatic heterocycles. The minimum atomic E-state index is -3.76. The monoisotopic (exact) mass is 464 g/mol. The number of sulfonamides is 1. The highest BCUT2D eigenvalue weighted by molar-refractivity contribution is 7.89. The van der Waals surface area contributed by atoms with E-state index in [1.54, 1.807) is 0 Å². The fraction of sp³-hybridized carbons (Fsp3) is 0.435. The van der Waals surface area contributed by atoms with E-state index >= 15 is 0 Å². The van der Waals surface area contributed by atoms with Gasteiger partial charge in [-0.15, -0.1) is 0 Å². The third-order valence-electron chi connectivity index (χ3n) is 5.84. The molecule has 0 bridgehead atoms. The van der Waals surface area contributed by atoms with Crippen LogP contribution in [0.25, 0.3) is 0 Å². The van der Waals surface area contributed by atoms with Crippen LogP contribution in [-0.4, -0.2) is 54.9 Å². The van der Waals surface area contributed by atoms with Gasteiger partial charge in [0.15, 0.2) is 0 Å². The van der Waals surface area contributed by atoms with Gasteiger partial charge in [-0.2, -0.15) is 0 Å². The fourth-order valence-corrected chi connectivity index (χ4v) is 5.54. The largest absolute Gasteiger partial charge is 0.493 e. The molecule has 0 saturated carbocycles. The van der Waals surface area contributed by atoms with Gasteiger partial charge < -0.3 is 4.74 Å². The van der Waals surface area contributed by atoms with Crippen LogP contribution in [0.5, 0.6) is 5.75 Å². The first-order valence-electron chi connectivity index (χ1n) is 10.6. The molecule has 0 aliphatic carbocycles. The predicted octanol–water partition coefficient (Wildman–Crippen LogP) is 3.45. The minimum Gasteiger partial charge on any atom is -0.493 e. The first-order chi connectivity index (χ1) is 15.2. The van der Waals surface area contributed by atoms with Crippen molar-refractivity contribution >= 4 is 16.4 Å². The molecule has 2 aromatic rings. The van der Waals surface area contributed by atoms with Crippen molar-refractivity contribution in [1.29, 1.82) is 0 Å². The standard InChI is InChI=1S/C23H29FN2O5S/c1-17-3-4-18(2)23(13-17)31-14-19-9-11-25(12-10-19)32(29,30)15-22(26(28)16-27)20-5-7-21(24)8-6-20/h3-8,13,16,19,22,28H,9-12,14-15H2,1-2H3. The van der Waals surface area contributed by atoms with Crippen LogP contribution >= 0.6 is 0 Å². The van der Waals surface area contributed by atoms with E-state index in [1.807, 2.05) is 32.0 Å². The second kappa shape index (κ2) is 10.4. The van der Waals surface area contributed by atoms with E-state index in [-0.39, 0.29) is 12.3 Å². The molecule has 0 spiro atoms. The van der Waals surface area contributed by atoms with Crippen LogP contribution in [0.15, 0.2) is 42.5 Å². The molecule has 1 atom stereocenters. The molecule has 174 valence electrons. The van der Waals surface area contributed by atoms with E-state index < -0.39 is 27.6 Å². The summed E-state index contributed by atoms with van der Waals surface area (Å²) in [6.45, 7) is 5.20. The maximum absolute atomic E-state index is 13.2. The molecule has 1 amide bonds. The Balaban J connectivity index is 1.60. The molecule has 1 saturated heterocycles. The Morgan fingerprint density at radius 3 is 2.47 bits per heavy atom. The Bertz CT molecular complexity index is 1020. The first-order valence-corrected chi connectivity index (χ1v) is 12.2. The van der Waals surface area contributed by atoms with Crippen molar-refractivity contribution in [3.05, 3.63) is 65.0 Å². The molecule has 1 aliphatic rings. The third kappa shape index (κ3) is 6.05. The predicted molar refractivity (Wildman–Crippen MR) is 118 cm³/mol. The number of ether oxygens (including phenoxy) is 1. The lowest BCUT2D eigenvalue weighted by molar-refractivity contribution is -0.159. The Hall–Kier alpha value is -2.49. The molecule has 9 heteroatoms. The number of piperidine rings is 1. The summed E-state index contributed by atoms with van der Waals surface area (Å²) in [5, 5.41) is 10.3. The van der Waals surface area contributed by atoms with Gasteiger partial charge in [0, 0.05) is 13.1 Å². The maximum Gasteiger partial charge on any atom is 0.233 e. The van der Waals surface area contributed by atoms with Gasteiger partial charge in [0.1, 0.15) is 11.6 Å². The average Bonchev–Trinajstić information content (AvgIpc) is 2.78. The van der Waals surface area contributed by atoms with Gasteiger partial charge in [0.2, 0.25) is 16.4 Å². The topological polar surface area (TPSA) is 87.2 Å². The number of hydrogen-bond donors (Lipinski definition) is 1. The molecule has 2 aromatic carbocycles. The molecule has 3 rings (SSSR count). The smallest absolute Gasteiger partial charge is 0.233 e. The molecule has 1 N–H and O–H groups in total. The maximum atomic E-state index is 13.2. The van der Waals surface area contributed by atoms with Crippen molar-refractivity contribution in [2.45, 2.75) is 32.7 Å². The van der Waals surface area contributed by atoms with Crippen molar-refractivity contribution in [2.24, 2.45) is 5.92 Å². The molecular formula is C23H29FN2O5S. The van der Waals surface area contributed by atoms with Crippen LogP contribution in [0.4, 0.5) is 4.39 Å². The number of amides is 1. The van der Waals surface area contributed by atoms with E-state index in [4.69, 9.17) is 4.74 Å². The normalized spacial score (nSPS) is 16.5.